The molecule has 0 aliphatic heterocycles. The Morgan fingerprint density at radius 3 is 2.64 bits per heavy atom. The van der Waals surface area contributed by atoms with Crippen LogP contribution >= 0.6 is 0 Å². The second-order valence-electron chi connectivity index (χ2n) is 4.22. The van der Waals surface area contributed by atoms with Crippen molar-refractivity contribution >= 4 is 6.16 Å². The Balaban J connectivity index is 1.86. The SMILES string of the molecule is CCC(CC)OC(=O)OCOc1ncnn1-c1ncccn1. The van der Waals surface area contributed by atoms with Gasteiger partial charge in [-0.3, -0.25) is 0 Å². The van der Waals surface area contributed by atoms with E-state index in [1.807, 2.05) is 13.8 Å². The average Bonchev–Trinajstić information content (AvgIpc) is 3.02. The van der Waals surface area contributed by atoms with E-state index >= 15 is 0 Å². The van der Waals surface area contributed by atoms with Gasteiger partial charge in [0.2, 0.25) is 6.79 Å². The molecule has 2 heterocycles. The Hall–Kier alpha value is -2.71. The molecule has 0 amide bonds. The number of rotatable bonds is 7. The van der Waals surface area contributed by atoms with Gasteiger partial charge in [-0.1, -0.05) is 13.8 Å². The van der Waals surface area contributed by atoms with Crippen molar-refractivity contribution in [2.75, 3.05) is 6.79 Å². The second-order valence-corrected chi connectivity index (χ2v) is 4.22. The molecule has 2 aromatic heterocycles. The second kappa shape index (κ2) is 7.91. The van der Waals surface area contributed by atoms with Gasteiger partial charge in [-0.15, -0.1) is 9.78 Å². The van der Waals surface area contributed by atoms with Gasteiger partial charge in [0, 0.05) is 12.4 Å². The van der Waals surface area contributed by atoms with E-state index in [0.717, 1.165) is 12.8 Å². The molecule has 0 radical (unpaired) electrons. The number of aromatic nitrogens is 5. The van der Waals surface area contributed by atoms with E-state index in [9.17, 15) is 4.79 Å². The number of carbonyl (C=O) groups excluding carboxylic acids is 1. The summed E-state index contributed by atoms with van der Waals surface area (Å²) >= 11 is 0. The first-order valence-corrected chi connectivity index (χ1v) is 6.88. The first-order valence-electron chi connectivity index (χ1n) is 6.88. The van der Waals surface area contributed by atoms with Crippen LogP contribution in [0.3, 0.4) is 0 Å². The number of hydrogen-bond donors (Lipinski definition) is 0. The minimum Gasteiger partial charge on any atom is -0.431 e. The van der Waals surface area contributed by atoms with Crippen LogP contribution in [-0.2, 0) is 9.47 Å². The molecule has 0 spiro atoms. The molecule has 0 aliphatic rings. The van der Waals surface area contributed by atoms with Gasteiger partial charge in [-0.2, -0.15) is 4.98 Å². The van der Waals surface area contributed by atoms with Crippen LogP contribution in [-0.4, -0.2) is 43.8 Å². The van der Waals surface area contributed by atoms with Crippen molar-refractivity contribution < 1.29 is 19.0 Å². The molecular weight excluding hydrogens is 290 g/mol. The molecule has 2 rings (SSSR count). The molecule has 0 saturated heterocycles. The molecule has 0 unspecified atom stereocenters. The minimum atomic E-state index is -0.782. The molecule has 2 aromatic rings. The quantitative estimate of drug-likeness (QED) is 0.563. The molecule has 0 aromatic carbocycles. The summed E-state index contributed by atoms with van der Waals surface area (Å²) in [6.45, 7) is 3.52. The van der Waals surface area contributed by atoms with Crippen LogP contribution in [0.15, 0.2) is 24.8 Å². The summed E-state index contributed by atoms with van der Waals surface area (Å²) in [6, 6.07) is 1.79. The topological polar surface area (TPSA) is 101 Å². The predicted molar refractivity (Wildman–Crippen MR) is 74.4 cm³/mol. The largest absolute Gasteiger partial charge is 0.511 e. The van der Waals surface area contributed by atoms with Crippen LogP contribution in [0.5, 0.6) is 6.01 Å². The van der Waals surface area contributed by atoms with Crippen LogP contribution < -0.4 is 4.74 Å². The lowest BCUT2D eigenvalue weighted by Gasteiger charge is -2.13. The van der Waals surface area contributed by atoms with Crippen molar-refractivity contribution in [2.45, 2.75) is 32.8 Å². The van der Waals surface area contributed by atoms with Gasteiger partial charge in [0.15, 0.2) is 0 Å². The molecular formula is C13H17N5O4. The first-order chi connectivity index (χ1) is 10.7. The normalized spacial score (nSPS) is 10.5. The molecule has 0 bridgehead atoms. The monoisotopic (exact) mass is 307 g/mol. The molecule has 9 nitrogen and oxygen atoms in total. The predicted octanol–water partition coefficient (Wildman–Crippen LogP) is 1.74. The Morgan fingerprint density at radius 1 is 1.23 bits per heavy atom. The molecule has 0 atom stereocenters. The van der Waals surface area contributed by atoms with Crippen molar-refractivity contribution in [2.24, 2.45) is 0 Å². The summed E-state index contributed by atoms with van der Waals surface area (Å²) in [5, 5.41) is 3.94. The van der Waals surface area contributed by atoms with Gasteiger partial charge in [-0.05, 0) is 18.9 Å². The maximum atomic E-state index is 11.5. The highest BCUT2D eigenvalue weighted by atomic mass is 16.8. The molecule has 22 heavy (non-hydrogen) atoms. The fourth-order valence-corrected chi connectivity index (χ4v) is 1.62. The molecule has 0 N–H and O–H groups in total. The third-order valence-corrected chi connectivity index (χ3v) is 2.80. The van der Waals surface area contributed by atoms with E-state index in [0.29, 0.717) is 5.95 Å². The number of nitrogens with zero attached hydrogens (tertiary/aromatic N) is 5. The zero-order chi connectivity index (χ0) is 15.8. The van der Waals surface area contributed by atoms with Gasteiger partial charge in [0.1, 0.15) is 12.4 Å². The van der Waals surface area contributed by atoms with Crippen molar-refractivity contribution in [3.63, 3.8) is 0 Å². The maximum absolute atomic E-state index is 11.5. The summed E-state index contributed by atoms with van der Waals surface area (Å²) < 4.78 is 16.4. The number of ether oxygens (including phenoxy) is 3. The van der Waals surface area contributed by atoms with E-state index in [1.54, 1.807) is 18.5 Å². The zero-order valence-corrected chi connectivity index (χ0v) is 12.4. The third-order valence-electron chi connectivity index (χ3n) is 2.80. The van der Waals surface area contributed by atoms with Crippen molar-refractivity contribution in [3.05, 3.63) is 24.8 Å². The van der Waals surface area contributed by atoms with E-state index in [4.69, 9.17) is 14.2 Å². The van der Waals surface area contributed by atoms with Crippen LogP contribution in [0.2, 0.25) is 0 Å². The lowest BCUT2D eigenvalue weighted by molar-refractivity contribution is -0.0196. The fourth-order valence-electron chi connectivity index (χ4n) is 1.62. The van der Waals surface area contributed by atoms with Crippen molar-refractivity contribution in [1.29, 1.82) is 0 Å². The number of carbonyl (C=O) groups is 1. The van der Waals surface area contributed by atoms with Crippen LogP contribution in [0, 0.1) is 0 Å². The standard InChI is InChI=1S/C13H17N5O4/c1-3-10(4-2)22-13(19)21-9-20-12-16-8-17-18(12)11-14-6-5-7-15-11/h5-8,10H,3-4,9H2,1-2H3. The molecule has 0 saturated carbocycles. The fraction of sp³-hybridized carbons (Fsp3) is 0.462. The van der Waals surface area contributed by atoms with Crippen LogP contribution in [0.1, 0.15) is 26.7 Å². The summed E-state index contributed by atoms with van der Waals surface area (Å²) in [4.78, 5) is 23.4. The van der Waals surface area contributed by atoms with Crippen molar-refractivity contribution in [1.82, 2.24) is 24.7 Å². The Kier molecular flexibility index (Phi) is 5.64. The van der Waals surface area contributed by atoms with E-state index < -0.39 is 6.16 Å². The molecule has 118 valence electrons. The van der Waals surface area contributed by atoms with Gasteiger partial charge in [-0.25, -0.2) is 14.8 Å². The summed E-state index contributed by atoms with van der Waals surface area (Å²) in [6.07, 6.45) is 4.94. The Morgan fingerprint density at radius 2 is 1.95 bits per heavy atom. The Bertz CT molecular complexity index is 585. The maximum Gasteiger partial charge on any atom is 0.511 e. The molecule has 0 aliphatic carbocycles. The highest BCUT2D eigenvalue weighted by Gasteiger charge is 2.14. The van der Waals surface area contributed by atoms with Crippen molar-refractivity contribution in [3.8, 4) is 12.0 Å². The zero-order valence-electron chi connectivity index (χ0n) is 12.4. The van der Waals surface area contributed by atoms with E-state index in [1.165, 1.54) is 11.0 Å². The van der Waals surface area contributed by atoms with Gasteiger partial charge < -0.3 is 14.2 Å². The lowest BCUT2D eigenvalue weighted by Crippen LogP contribution is -2.20. The smallest absolute Gasteiger partial charge is 0.431 e. The molecule has 0 fully saturated rings. The van der Waals surface area contributed by atoms with E-state index in [-0.39, 0.29) is 18.9 Å². The Labute approximate surface area is 127 Å². The highest BCUT2D eigenvalue weighted by Crippen LogP contribution is 2.10. The summed E-state index contributed by atoms with van der Waals surface area (Å²) in [5.41, 5.74) is 0. The van der Waals surface area contributed by atoms with Crippen LogP contribution in [0.4, 0.5) is 4.79 Å². The van der Waals surface area contributed by atoms with E-state index in [2.05, 4.69) is 20.1 Å². The third kappa shape index (κ3) is 4.14. The average molecular weight is 307 g/mol. The minimum absolute atomic E-state index is 0.113. The van der Waals surface area contributed by atoms with Gasteiger partial charge in [0.25, 0.3) is 5.95 Å². The molecule has 9 heteroatoms. The summed E-state index contributed by atoms with van der Waals surface area (Å²) in [5.74, 6) is 0.301. The number of hydrogen-bond acceptors (Lipinski definition) is 8. The van der Waals surface area contributed by atoms with Crippen LogP contribution in [0.25, 0.3) is 5.95 Å². The lowest BCUT2D eigenvalue weighted by atomic mass is 10.2. The first kappa shape index (κ1) is 15.7. The van der Waals surface area contributed by atoms with Gasteiger partial charge in [0.05, 0.1) is 0 Å². The summed E-state index contributed by atoms with van der Waals surface area (Å²) in [7, 11) is 0. The highest BCUT2D eigenvalue weighted by molar-refractivity contribution is 5.59. The van der Waals surface area contributed by atoms with Gasteiger partial charge >= 0.3 is 12.2 Å².